The summed E-state index contributed by atoms with van der Waals surface area (Å²) in [6.07, 6.45) is 8.61. The van der Waals surface area contributed by atoms with Crippen molar-refractivity contribution in [3.05, 3.63) is 0 Å². The summed E-state index contributed by atoms with van der Waals surface area (Å²) in [4.78, 5) is 0. The molecule has 0 amide bonds. The average Bonchev–Trinajstić information content (AvgIpc) is 2.29. The van der Waals surface area contributed by atoms with Gasteiger partial charge in [0.2, 0.25) is 0 Å². The Morgan fingerprint density at radius 2 is 1.57 bits per heavy atom. The molecule has 4 aliphatic rings. The van der Waals surface area contributed by atoms with E-state index < -0.39 is 0 Å². The first kappa shape index (κ1) is 9.21. The maximum atomic E-state index is 9.62. The first-order valence-corrected chi connectivity index (χ1v) is 6.30. The van der Waals surface area contributed by atoms with Crippen molar-refractivity contribution >= 4 is 0 Å². The van der Waals surface area contributed by atoms with Crippen LogP contribution in [-0.4, -0.2) is 11.7 Å². The van der Waals surface area contributed by atoms with Crippen molar-refractivity contribution in [1.29, 1.82) is 0 Å². The van der Waals surface area contributed by atoms with Gasteiger partial charge in [-0.2, -0.15) is 0 Å². The van der Waals surface area contributed by atoms with Crippen molar-refractivity contribution in [2.75, 3.05) is 6.61 Å². The summed E-state index contributed by atoms with van der Waals surface area (Å²) in [5.74, 6) is 3.82. The molecular weight excluding hydrogens is 172 g/mol. The van der Waals surface area contributed by atoms with Gasteiger partial charge < -0.3 is 5.11 Å². The zero-order valence-corrected chi connectivity index (χ0v) is 9.21. The van der Waals surface area contributed by atoms with Crippen LogP contribution >= 0.6 is 0 Å². The molecule has 1 heteroatoms. The molecule has 4 aliphatic carbocycles. The molecule has 0 spiro atoms. The maximum Gasteiger partial charge on any atom is 0.0487 e. The van der Waals surface area contributed by atoms with Gasteiger partial charge in [0.05, 0.1) is 0 Å². The quantitative estimate of drug-likeness (QED) is 0.680. The van der Waals surface area contributed by atoms with E-state index in [2.05, 4.69) is 6.92 Å². The minimum absolute atomic E-state index is 0.272. The van der Waals surface area contributed by atoms with Gasteiger partial charge in [-0.3, -0.25) is 0 Å². The Morgan fingerprint density at radius 1 is 1.00 bits per heavy atom. The topological polar surface area (TPSA) is 20.2 Å². The monoisotopic (exact) mass is 194 g/mol. The summed E-state index contributed by atoms with van der Waals surface area (Å²) in [5.41, 5.74) is 0.272. The van der Waals surface area contributed by atoms with E-state index >= 15 is 0 Å². The van der Waals surface area contributed by atoms with Crippen LogP contribution in [0.5, 0.6) is 0 Å². The number of aliphatic hydroxyl groups is 1. The maximum absolute atomic E-state index is 9.62. The number of hydrogen-bond donors (Lipinski definition) is 1. The average molecular weight is 194 g/mol. The van der Waals surface area contributed by atoms with E-state index in [1.807, 2.05) is 0 Å². The highest BCUT2D eigenvalue weighted by atomic mass is 16.3. The largest absolute Gasteiger partial charge is 0.396 e. The number of aliphatic hydroxyl groups excluding tert-OH is 1. The van der Waals surface area contributed by atoms with Crippen LogP contribution in [0.2, 0.25) is 0 Å². The van der Waals surface area contributed by atoms with Gasteiger partial charge >= 0.3 is 0 Å². The summed E-state index contributed by atoms with van der Waals surface area (Å²) in [6, 6.07) is 0. The highest BCUT2D eigenvalue weighted by Gasteiger charge is 2.48. The van der Waals surface area contributed by atoms with E-state index in [0.717, 1.165) is 23.7 Å². The van der Waals surface area contributed by atoms with Gasteiger partial charge in [-0.25, -0.2) is 0 Å². The molecule has 0 aromatic rings. The number of hydrogen-bond acceptors (Lipinski definition) is 1. The highest BCUT2D eigenvalue weighted by molar-refractivity contribution is 4.98. The molecule has 3 unspecified atom stereocenters. The van der Waals surface area contributed by atoms with Crippen molar-refractivity contribution in [2.45, 2.75) is 45.4 Å². The minimum atomic E-state index is 0.272. The van der Waals surface area contributed by atoms with E-state index in [-0.39, 0.29) is 5.41 Å². The van der Waals surface area contributed by atoms with Gasteiger partial charge in [0.1, 0.15) is 0 Å². The molecule has 4 saturated carbocycles. The van der Waals surface area contributed by atoms with Crippen molar-refractivity contribution in [3.63, 3.8) is 0 Å². The zero-order valence-electron chi connectivity index (χ0n) is 9.21. The summed E-state index contributed by atoms with van der Waals surface area (Å²) < 4.78 is 0. The Hall–Kier alpha value is -0.0400. The first-order valence-electron chi connectivity index (χ1n) is 6.30. The van der Waals surface area contributed by atoms with Crippen molar-refractivity contribution in [3.8, 4) is 0 Å². The summed E-state index contributed by atoms with van der Waals surface area (Å²) in [6.45, 7) is 2.76. The molecule has 1 nitrogen and oxygen atoms in total. The second-order valence-corrected chi connectivity index (χ2v) is 6.49. The Labute approximate surface area is 86.9 Å². The molecule has 0 heterocycles. The molecule has 0 aliphatic heterocycles. The third kappa shape index (κ3) is 1.25. The Bertz CT molecular complexity index is 223. The molecule has 4 bridgehead atoms. The van der Waals surface area contributed by atoms with E-state index in [1.54, 1.807) is 0 Å². The van der Waals surface area contributed by atoms with Crippen LogP contribution < -0.4 is 0 Å². The van der Waals surface area contributed by atoms with Gasteiger partial charge in [-0.15, -0.1) is 0 Å². The van der Waals surface area contributed by atoms with Crippen LogP contribution in [0.15, 0.2) is 0 Å². The molecule has 4 fully saturated rings. The standard InChI is InChI=1S/C13H22O/c1-13(8-14)7-11-3-9-2-10(4-11)6-12(13)5-9/h9-12,14H,2-8H2,1H3. The Balaban J connectivity index is 1.93. The lowest BCUT2D eigenvalue weighted by molar-refractivity contribution is 0.0447. The summed E-state index contributed by atoms with van der Waals surface area (Å²) in [7, 11) is 0. The molecular formula is C13H22O. The van der Waals surface area contributed by atoms with Crippen molar-refractivity contribution in [2.24, 2.45) is 29.1 Å². The Kier molecular flexibility index (Phi) is 1.96. The van der Waals surface area contributed by atoms with Gasteiger partial charge in [0.15, 0.2) is 0 Å². The van der Waals surface area contributed by atoms with Gasteiger partial charge in [0.25, 0.3) is 0 Å². The van der Waals surface area contributed by atoms with Crippen molar-refractivity contribution in [1.82, 2.24) is 0 Å². The lowest BCUT2D eigenvalue weighted by Gasteiger charge is -2.41. The van der Waals surface area contributed by atoms with Crippen LogP contribution in [0.4, 0.5) is 0 Å². The second-order valence-electron chi connectivity index (χ2n) is 6.49. The van der Waals surface area contributed by atoms with Crippen LogP contribution in [0.3, 0.4) is 0 Å². The van der Waals surface area contributed by atoms with Crippen molar-refractivity contribution < 1.29 is 5.11 Å². The van der Waals surface area contributed by atoms with Crippen LogP contribution in [-0.2, 0) is 0 Å². The van der Waals surface area contributed by atoms with Gasteiger partial charge in [-0.1, -0.05) is 6.92 Å². The van der Waals surface area contributed by atoms with Crippen LogP contribution in [0.25, 0.3) is 0 Å². The predicted molar refractivity (Wildman–Crippen MR) is 56.9 cm³/mol. The fraction of sp³-hybridized carbons (Fsp3) is 1.00. The smallest absolute Gasteiger partial charge is 0.0487 e. The minimum Gasteiger partial charge on any atom is -0.396 e. The fourth-order valence-electron chi connectivity index (χ4n) is 4.74. The molecule has 1 N–H and O–H groups in total. The molecule has 3 atom stereocenters. The number of fused-ring (bicyclic) bond motifs is 1. The van der Waals surface area contributed by atoms with E-state index in [4.69, 9.17) is 0 Å². The summed E-state index contributed by atoms with van der Waals surface area (Å²) in [5, 5.41) is 9.62. The molecule has 0 saturated heterocycles. The second kappa shape index (κ2) is 2.98. The highest BCUT2D eigenvalue weighted by Crippen LogP contribution is 2.57. The zero-order chi connectivity index (χ0) is 9.76. The molecule has 4 rings (SSSR count). The lowest BCUT2D eigenvalue weighted by Crippen LogP contribution is -2.34. The molecule has 80 valence electrons. The normalized spacial score (nSPS) is 56.1. The van der Waals surface area contributed by atoms with E-state index in [0.29, 0.717) is 6.61 Å². The third-order valence-electron chi connectivity index (χ3n) is 5.34. The Morgan fingerprint density at radius 3 is 2.14 bits per heavy atom. The molecule has 0 aromatic heterocycles. The SMILES string of the molecule is CC1(CO)CC2CC3CC(C2)CC1C3. The fourth-order valence-corrected chi connectivity index (χ4v) is 4.74. The molecule has 0 aromatic carbocycles. The first-order chi connectivity index (χ1) is 6.69. The van der Waals surface area contributed by atoms with Crippen LogP contribution in [0.1, 0.15) is 45.4 Å². The number of rotatable bonds is 1. The van der Waals surface area contributed by atoms with E-state index in [9.17, 15) is 5.11 Å². The van der Waals surface area contributed by atoms with Gasteiger partial charge in [0, 0.05) is 6.61 Å². The molecule has 14 heavy (non-hydrogen) atoms. The molecule has 0 radical (unpaired) electrons. The lowest BCUT2D eigenvalue weighted by atomic mass is 9.65. The predicted octanol–water partition coefficient (Wildman–Crippen LogP) is 2.83. The van der Waals surface area contributed by atoms with E-state index in [1.165, 1.54) is 38.5 Å². The third-order valence-corrected chi connectivity index (χ3v) is 5.34. The van der Waals surface area contributed by atoms with Crippen LogP contribution in [0, 0.1) is 29.1 Å². The van der Waals surface area contributed by atoms with Gasteiger partial charge in [-0.05, 0) is 67.6 Å². The summed E-state index contributed by atoms with van der Waals surface area (Å²) >= 11 is 0.